The first-order valence-electron chi connectivity index (χ1n) is 9.18. The van der Waals surface area contributed by atoms with Gasteiger partial charge in [0.25, 0.3) is 5.91 Å². The maximum atomic E-state index is 13.1. The zero-order valence-electron chi connectivity index (χ0n) is 15.8. The van der Waals surface area contributed by atoms with Crippen LogP contribution < -0.4 is 9.64 Å². The summed E-state index contributed by atoms with van der Waals surface area (Å²) in [5.74, 6) is 0.685. The van der Waals surface area contributed by atoms with Crippen LogP contribution in [0.15, 0.2) is 66.3 Å². The van der Waals surface area contributed by atoms with E-state index < -0.39 is 0 Å². The van der Waals surface area contributed by atoms with Gasteiger partial charge in [-0.1, -0.05) is 23.5 Å². The van der Waals surface area contributed by atoms with Gasteiger partial charge in [-0.25, -0.2) is 4.98 Å². The number of fused-ring (bicyclic) bond motifs is 1. The largest absolute Gasteiger partial charge is 0.494 e. The van der Waals surface area contributed by atoms with Crippen molar-refractivity contribution in [2.45, 2.75) is 13.5 Å². The van der Waals surface area contributed by atoms with Crippen LogP contribution in [0.1, 0.15) is 17.4 Å². The molecule has 4 rings (SSSR count). The molecule has 3 heterocycles. The van der Waals surface area contributed by atoms with Crippen molar-refractivity contribution in [1.29, 1.82) is 0 Å². The fourth-order valence-corrected chi connectivity index (χ4v) is 4.42. The summed E-state index contributed by atoms with van der Waals surface area (Å²) in [5, 5.41) is 2.64. The van der Waals surface area contributed by atoms with Gasteiger partial charge in [0.2, 0.25) is 0 Å². The van der Waals surface area contributed by atoms with Crippen molar-refractivity contribution in [2.24, 2.45) is 0 Å². The molecule has 0 radical (unpaired) electrons. The Labute approximate surface area is 176 Å². The number of pyridine rings is 1. The van der Waals surface area contributed by atoms with Gasteiger partial charge in [0.05, 0.1) is 23.4 Å². The van der Waals surface area contributed by atoms with Crippen LogP contribution in [0.25, 0.3) is 16.3 Å². The molecular formula is C22H19N3O2S2. The number of benzene rings is 1. The topological polar surface area (TPSA) is 55.3 Å². The summed E-state index contributed by atoms with van der Waals surface area (Å²) in [4.78, 5) is 24.6. The summed E-state index contributed by atoms with van der Waals surface area (Å²) in [6.45, 7) is 2.96. The van der Waals surface area contributed by atoms with Crippen LogP contribution in [0.5, 0.6) is 5.75 Å². The second kappa shape index (κ2) is 8.98. The molecule has 1 amide bonds. The molecule has 3 aromatic heterocycles. The Morgan fingerprint density at radius 3 is 2.93 bits per heavy atom. The van der Waals surface area contributed by atoms with Crippen molar-refractivity contribution < 1.29 is 9.53 Å². The standard InChI is InChI=1S/C22H19N3O2S2/c1-2-27-17-7-9-19-20(13-17)29-22(24-19)25(15-16-5-3-11-23-14-16)21(26)10-8-18-6-4-12-28-18/h3-14H,2,15H2,1H3/b10-8+. The molecule has 0 saturated heterocycles. The summed E-state index contributed by atoms with van der Waals surface area (Å²) < 4.78 is 6.57. The lowest BCUT2D eigenvalue weighted by Crippen LogP contribution is -2.28. The van der Waals surface area contributed by atoms with Gasteiger partial charge in [-0.3, -0.25) is 14.7 Å². The quantitative estimate of drug-likeness (QED) is 0.375. The smallest absolute Gasteiger partial charge is 0.253 e. The molecular weight excluding hydrogens is 402 g/mol. The predicted octanol–water partition coefficient (Wildman–Crippen LogP) is 5.40. The molecule has 0 saturated carbocycles. The summed E-state index contributed by atoms with van der Waals surface area (Å²) in [6, 6.07) is 13.6. The predicted molar refractivity (Wildman–Crippen MR) is 120 cm³/mol. The third kappa shape index (κ3) is 4.70. The number of ether oxygens (including phenoxy) is 1. The van der Waals surface area contributed by atoms with Crippen molar-refractivity contribution >= 4 is 50.0 Å². The van der Waals surface area contributed by atoms with E-state index in [1.807, 2.05) is 60.8 Å². The Kier molecular flexibility index (Phi) is 5.97. The SMILES string of the molecule is CCOc1ccc2nc(N(Cc3cccnc3)C(=O)/C=C/c3cccs3)sc2c1. The van der Waals surface area contributed by atoms with Crippen LogP contribution in [0.3, 0.4) is 0 Å². The number of aromatic nitrogens is 2. The summed E-state index contributed by atoms with van der Waals surface area (Å²) in [5.41, 5.74) is 1.79. The number of nitrogens with zero attached hydrogens (tertiary/aromatic N) is 3. The lowest BCUT2D eigenvalue weighted by molar-refractivity contribution is -0.114. The van der Waals surface area contributed by atoms with Crippen molar-refractivity contribution in [3.05, 3.63) is 76.8 Å². The van der Waals surface area contributed by atoms with E-state index in [0.29, 0.717) is 18.3 Å². The Morgan fingerprint density at radius 1 is 1.24 bits per heavy atom. The number of thiophene rings is 1. The average molecular weight is 422 g/mol. The molecule has 29 heavy (non-hydrogen) atoms. The Balaban J connectivity index is 1.67. The van der Waals surface area contributed by atoms with E-state index in [1.165, 1.54) is 11.3 Å². The normalized spacial score (nSPS) is 11.2. The molecule has 0 atom stereocenters. The molecule has 0 aliphatic carbocycles. The first kappa shape index (κ1) is 19.3. The van der Waals surface area contributed by atoms with Crippen LogP contribution >= 0.6 is 22.7 Å². The van der Waals surface area contributed by atoms with Crippen LogP contribution in [0.4, 0.5) is 5.13 Å². The minimum Gasteiger partial charge on any atom is -0.494 e. The van der Waals surface area contributed by atoms with Crippen LogP contribution in [-0.2, 0) is 11.3 Å². The van der Waals surface area contributed by atoms with E-state index in [4.69, 9.17) is 9.72 Å². The lowest BCUT2D eigenvalue weighted by atomic mass is 10.2. The highest BCUT2D eigenvalue weighted by molar-refractivity contribution is 7.22. The van der Waals surface area contributed by atoms with Crippen LogP contribution in [0.2, 0.25) is 0 Å². The van der Waals surface area contributed by atoms with E-state index in [9.17, 15) is 4.79 Å². The molecule has 0 spiro atoms. The van der Waals surface area contributed by atoms with Crippen molar-refractivity contribution in [1.82, 2.24) is 9.97 Å². The molecule has 1 aromatic carbocycles. The Morgan fingerprint density at radius 2 is 2.17 bits per heavy atom. The number of hydrogen-bond acceptors (Lipinski definition) is 6. The monoisotopic (exact) mass is 421 g/mol. The number of hydrogen-bond donors (Lipinski definition) is 0. The van der Waals surface area contributed by atoms with E-state index in [2.05, 4.69) is 4.98 Å². The highest BCUT2D eigenvalue weighted by atomic mass is 32.1. The van der Waals surface area contributed by atoms with Gasteiger partial charge in [-0.05, 0) is 54.3 Å². The number of carbonyl (C=O) groups excluding carboxylic acids is 1. The fraction of sp³-hybridized carbons (Fsp3) is 0.136. The maximum absolute atomic E-state index is 13.1. The van der Waals surface area contributed by atoms with Gasteiger partial charge in [-0.15, -0.1) is 11.3 Å². The molecule has 5 nitrogen and oxygen atoms in total. The minimum absolute atomic E-state index is 0.119. The van der Waals surface area contributed by atoms with Crippen LogP contribution in [0, 0.1) is 0 Å². The number of thiazole rings is 1. The summed E-state index contributed by atoms with van der Waals surface area (Å²) in [7, 11) is 0. The molecule has 0 aliphatic rings. The molecule has 0 unspecified atom stereocenters. The molecule has 0 N–H and O–H groups in total. The second-order valence-corrected chi connectivity index (χ2v) is 8.18. The minimum atomic E-state index is -0.119. The van der Waals surface area contributed by atoms with Crippen molar-refractivity contribution in [3.8, 4) is 5.75 Å². The number of carbonyl (C=O) groups is 1. The third-order valence-electron chi connectivity index (χ3n) is 4.15. The lowest BCUT2D eigenvalue weighted by Gasteiger charge is -2.18. The Hall–Kier alpha value is -3.03. The van der Waals surface area contributed by atoms with Crippen molar-refractivity contribution in [3.63, 3.8) is 0 Å². The Bertz CT molecular complexity index is 1120. The highest BCUT2D eigenvalue weighted by Gasteiger charge is 2.19. The van der Waals surface area contributed by atoms with E-state index in [1.54, 1.807) is 34.7 Å². The third-order valence-corrected chi connectivity index (χ3v) is 6.03. The summed E-state index contributed by atoms with van der Waals surface area (Å²) in [6.07, 6.45) is 6.92. The molecule has 7 heteroatoms. The average Bonchev–Trinajstić information content (AvgIpc) is 3.40. The molecule has 0 fully saturated rings. The summed E-state index contributed by atoms with van der Waals surface area (Å²) >= 11 is 3.07. The van der Waals surface area contributed by atoms with Gasteiger partial charge < -0.3 is 4.74 Å². The van der Waals surface area contributed by atoms with Gasteiger partial charge in [0.1, 0.15) is 5.75 Å². The van der Waals surface area contributed by atoms with E-state index in [0.717, 1.165) is 26.4 Å². The van der Waals surface area contributed by atoms with Gasteiger partial charge in [0, 0.05) is 23.3 Å². The van der Waals surface area contributed by atoms with Crippen molar-refractivity contribution in [2.75, 3.05) is 11.5 Å². The number of anilines is 1. The van der Waals surface area contributed by atoms with Gasteiger partial charge in [0.15, 0.2) is 5.13 Å². The van der Waals surface area contributed by atoms with Crippen LogP contribution in [-0.4, -0.2) is 22.5 Å². The zero-order valence-corrected chi connectivity index (χ0v) is 17.5. The maximum Gasteiger partial charge on any atom is 0.253 e. The molecule has 0 aliphatic heterocycles. The van der Waals surface area contributed by atoms with E-state index >= 15 is 0 Å². The second-order valence-electron chi connectivity index (χ2n) is 6.19. The fourth-order valence-electron chi connectivity index (χ4n) is 2.81. The first-order valence-corrected chi connectivity index (χ1v) is 10.9. The van der Waals surface area contributed by atoms with Gasteiger partial charge in [-0.2, -0.15) is 0 Å². The number of rotatable bonds is 7. The van der Waals surface area contributed by atoms with Gasteiger partial charge >= 0.3 is 0 Å². The molecule has 146 valence electrons. The number of amides is 1. The molecule has 4 aromatic rings. The first-order chi connectivity index (χ1) is 14.2. The van der Waals surface area contributed by atoms with E-state index in [-0.39, 0.29) is 5.91 Å². The highest BCUT2D eigenvalue weighted by Crippen LogP contribution is 2.32. The zero-order chi connectivity index (χ0) is 20.1. The molecule has 0 bridgehead atoms.